The van der Waals surface area contributed by atoms with Gasteiger partial charge in [-0.25, -0.2) is 13.4 Å². The maximum atomic E-state index is 12.4. The van der Waals surface area contributed by atoms with E-state index in [1.54, 1.807) is 0 Å². The number of benzene rings is 1. The molecule has 1 aliphatic carbocycles. The number of aromatic nitrogens is 2. The minimum atomic E-state index is -3.11. The van der Waals surface area contributed by atoms with Gasteiger partial charge in [-0.05, 0) is 37.3 Å². The Morgan fingerprint density at radius 1 is 1.11 bits per heavy atom. The van der Waals surface area contributed by atoms with Crippen molar-refractivity contribution in [3.8, 4) is 11.4 Å². The Balaban J connectivity index is 1.50. The molecular formula is C20H26N4O3S. The van der Waals surface area contributed by atoms with Crippen LogP contribution in [0.3, 0.4) is 0 Å². The molecule has 8 heteroatoms. The average molecular weight is 403 g/mol. The summed E-state index contributed by atoms with van der Waals surface area (Å²) >= 11 is 0. The van der Waals surface area contributed by atoms with Gasteiger partial charge in [0.05, 0.1) is 11.9 Å². The van der Waals surface area contributed by atoms with Gasteiger partial charge >= 0.3 is 0 Å². The third-order valence-electron chi connectivity index (χ3n) is 5.60. The molecule has 2 heterocycles. The van der Waals surface area contributed by atoms with Crippen LogP contribution in [0.15, 0.2) is 29.1 Å². The first kappa shape index (κ1) is 19.3. The van der Waals surface area contributed by atoms with E-state index in [4.69, 9.17) is 4.98 Å². The lowest BCUT2D eigenvalue weighted by molar-refractivity contribution is 0.182. The first-order chi connectivity index (χ1) is 13.4. The maximum absolute atomic E-state index is 12.4. The van der Waals surface area contributed by atoms with Crippen LogP contribution >= 0.6 is 0 Å². The van der Waals surface area contributed by atoms with E-state index in [1.165, 1.54) is 10.6 Å². The van der Waals surface area contributed by atoms with Crippen LogP contribution < -0.4 is 5.56 Å². The number of rotatable bonds is 4. The number of sulfonamides is 1. The smallest absolute Gasteiger partial charge is 0.254 e. The van der Waals surface area contributed by atoms with Crippen LogP contribution in [0.1, 0.15) is 29.7 Å². The predicted octanol–water partition coefficient (Wildman–Crippen LogP) is 1.39. The predicted molar refractivity (Wildman–Crippen MR) is 109 cm³/mol. The molecule has 2 aromatic rings. The topological polar surface area (TPSA) is 86.4 Å². The van der Waals surface area contributed by atoms with Gasteiger partial charge in [-0.1, -0.05) is 18.2 Å². The molecule has 0 saturated carbocycles. The molecule has 28 heavy (non-hydrogen) atoms. The lowest BCUT2D eigenvalue weighted by Crippen LogP contribution is -2.47. The fourth-order valence-corrected chi connectivity index (χ4v) is 4.86. The number of aryl methyl sites for hydroxylation is 1. The molecule has 0 amide bonds. The van der Waals surface area contributed by atoms with Gasteiger partial charge in [-0.15, -0.1) is 0 Å². The van der Waals surface area contributed by atoms with Crippen molar-refractivity contribution in [2.75, 3.05) is 32.4 Å². The summed E-state index contributed by atoms with van der Waals surface area (Å²) in [6.07, 6.45) is 5.09. The third-order valence-corrected chi connectivity index (χ3v) is 6.90. The molecule has 1 aromatic carbocycles. The number of aromatic amines is 1. The molecule has 1 N–H and O–H groups in total. The van der Waals surface area contributed by atoms with Crippen LogP contribution in [0, 0.1) is 0 Å². The van der Waals surface area contributed by atoms with E-state index in [1.807, 2.05) is 12.1 Å². The van der Waals surface area contributed by atoms with Gasteiger partial charge in [-0.2, -0.15) is 4.31 Å². The van der Waals surface area contributed by atoms with Crippen molar-refractivity contribution in [1.29, 1.82) is 0 Å². The van der Waals surface area contributed by atoms with Crippen molar-refractivity contribution in [3.05, 3.63) is 51.4 Å². The number of fused-ring (bicyclic) bond motifs is 1. The summed E-state index contributed by atoms with van der Waals surface area (Å²) in [4.78, 5) is 22.3. The minimum absolute atomic E-state index is 0.0120. The minimum Gasteiger partial charge on any atom is -0.306 e. The zero-order valence-electron chi connectivity index (χ0n) is 16.1. The van der Waals surface area contributed by atoms with Crippen molar-refractivity contribution < 1.29 is 8.42 Å². The summed E-state index contributed by atoms with van der Waals surface area (Å²) < 4.78 is 24.8. The van der Waals surface area contributed by atoms with Gasteiger partial charge in [0.25, 0.3) is 5.56 Å². The van der Waals surface area contributed by atoms with E-state index in [0.717, 1.165) is 54.6 Å². The highest BCUT2D eigenvalue weighted by molar-refractivity contribution is 7.88. The molecule has 1 saturated heterocycles. The molecule has 0 atom stereocenters. The second-order valence-corrected chi connectivity index (χ2v) is 9.67. The lowest BCUT2D eigenvalue weighted by Gasteiger charge is -2.33. The summed E-state index contributed by atoms with van der Waals surface area (Å²) in [5.74, 6) is 0.634. The van der Waals surface area contributed by atoms with Crippen LogP contribution in [0.5, 0.6) is 0 Å². The molecule has 1 aromatic heterocycles. The molecule has 150 valence electrons. The summed E-state index contributed by atoms with van der Waals surface area (Å²) in [6.45, 7) is 3.23. The quantitative estimate of drug-likeness (QED) is 0.835. The molecule has 7 nitrogen and oxygen atoms in total. The highest BCUT2D eigenvalue weighted by Crippen LogP contribution is 2.21. The van der Waals surface area contributed by atoms with Gasteiger partial charge in [0.15, 0.2) is 0 Å². The van der Waals surface area contributed by atoms with Crippen molar-refractivity contribution in [2.24, 2.45) is 0 Å². The van der Waals surface area contributed by atoms with Crippen molar-refractivity contribution >= 4 is 10.0 Å². The normalized spacial score (nSPS) is 18.8. The summed E-state index contributed by atoms with van der Waals surface area (Å²) in [5, 5.41) is 0. The fraction of sp³-hybridized carbons (Fsp3) is 0.500. The van der Waals surface area contributed by atoms with E-state index < -0.39 is 10.0 Å². The zero-order valence-corrected chi connectivity index (χ0v) is 17.0. The molecule has 1 fully saturated rings. The molecule has 0 spiro atoms. The maximum Gasteiger partial charge on any atom is 0.254 e. The van der Waals surface area contributed by atoms with Crippen LogP contribution in [0.4, 0.5) is 0 Å². The zero-order chi connectivity index (χ0) is 19.7. The Hall–Kier alpha value is -2.03. The molecule has 0 bridgehead atoms. The summed E-state index contributed by atoms with van der Waals surface area (Å²) in [7, 11) is -3.11. The second-order valence-electron chi connectivity index (χ2n) is 7.69. The van der Waals surface area contributed by atoms with Crippen molar-refractivity contribution in [1.82, 2.24) is 19.2 Å². The number of nitrogens with one attached hydrogen (secondary N) is 1. The first-order valence-corrected chi connectivity index (χ1v) is 11.6. The molecule has 2 aliphatic rings. The van der Waals surface area contributed by atoms with E-state index in [-0.39, 0.29) is 5.56 Å². The fourth-order valence-electron chi connectivity index (χ4n) is 4.03. The number of hydrogen-bond acceptors (Lipinski definition) is 5. The average Bonchev–Trinajstić information content (AvgIpc) is 2.68. The van der Waals surface area contributed by atoms with Crippen LogP contribution in [-0.4, -0.2) is 60.0 Å². The Morgan fingerprint density at radius 3 is 2.61 bits per heavy atom. The van der Waals surface area contributed by atoms with E-state index >= 15 is 0 Å². The van der Waals surface area contributed by atoms with Crippen molar-refractivity contribution in [2.45, 2.75) is 32.2 Å². The molecule has 0 radical (unpaired) electrons. The standard InChI is InChI=1S/C20H26N4O3S/c1-28(26,27)24-11-9-23(10-12-24)14-15-5-4-6-16(13-15)19-21-18-8-3-2-7-17(18)20(25)22-19/h4-6,13H,2-3,7-12,14H2,1H3,(H,21,22,25). The van der Waals surface area contributed by atoms with Crippen LogP contribution in [0.2, 0.25) is 0 Å². The molecule has 1 aliphatic heterocycles. The highest BCUT2D eigenvalue weighted by Gasteiger charge is 2.23. The van der Waals surface area contributed by atoms with Gasteiger partial charge in [0.2, 0.25) is 10.0 Å². The molecular weight excluding hydrogens is 376 g/mol. The van der Waals surface area contributed by atoms with Gasteiger partial charge in [-0.3, -0.25) is 9.69 Å². The number of piperazine rings is 1. The Morgan fingerprint density at radius 2 is 1.86 bits per heavy atom. The van der Waals surface area contributed by atoms with E-state index in [9.17, 15) is 13.2 Å². The number of nitrogens with zero attached hydrogens (tertiary/aromatic N) is 3. The summed E-state index contributed by atoms with van der Waals surface area (Å²) in [6, 6.07) is 8.08. The Bertz CT molecular complexity index is 1020. The van der Waals surface area contributed by atoms with Crippen LogP contribution in [0.25, 0.3) is 11.4 Å². The number of H-pyrrole nitrogens is 1. The Labute approximate surface area is 165 Å². The van der Waals surface area contributed by atoms with Crippen molar-refractivity contribution in [3.63, 3.8) is 0 Å². The SMILES string of the molecule is CS(=O)(=O)N1CCN(Cc2cccc(-c3nc4c(c(=O)[nH]3)CCCC4)c2)CC1. The molecule has 0 unspecified atom stereocenters. The summed E-state index contributed by atoms with van der Waals surface area (Å²) in [5.41, 5.74) is 3.81. The first-order valence-electron chi connectivity index (χ1n) is 9.79. The van der Waals surface area contributed by atoms with E-state index in [0.29, 0.717) is 32.0 Å². The largest absolute Gasteiger partial charge is 0.306 e. The lowest BCUT2D eigenvalue weighted by atomic mass is 9.97. The monoisotopic (exact) mass is 402 g/mol. The third kappa shape index (κ3) is 4.19. The van der Waals surface area contributed by atoms with Gasteiger partial charge in [0.1, 0.15) is 5.82 Å². The van der Waals surface area contributed by atoms with E-state index in [2.05, 4.69) is 22.0 Å². The highest BCUT2D eigenvalue weighted by atomic mass is 32.2. The second kappa shape index (κ2) is 7.77. The van der Waals surface area contributed by atoms with Crippen LogP contribution in [-0.2, 0) is 29.4 Å². The van der Waals surface area contributed by atoms with Gasteiger partial charge < -0.3 is 4.98 Å². The number of hydrogen-bond donors (Lipinski definition) is 1. The van der Waals surface area contributed by atoms with Gasteiger partial charge in [0, 0.05) is 43.9 Å². The Kier molecular flexibility index (Phi) is 5.35. The molecule has 4 rings (SSSR count).